The molecule has 0 aliphatic rings. The maximum absolute atomic E-state index is 11.7. The molecular weight excluding hydrogens is 334 g/mol. The van der Waals surface area contributed by atoms with Gasteiger partial charge in [0.1, 0.15) is 0 Å². The van der Waals surface area contributed by atoms with Gasteiger partial charge < -0.3 is 10.1 Å². The van der Waals surface area contributed by atoms with E-state index in [0.717, 1.165) is 21.7 Å². The van der Waals surface area contributed by atoms with Crippen molar-refractivity contribution >= 4 is 29.3 Å². The first-order chi connectivity index (χ1) is 11.9. The highest BCUT2D eigenvalue weighted by molar-refractivity contribution is 7.16. The highest BCUT2D eigenvalue weighted by Crippen LogP contribution is 2.28. The van der Waals surface area contributed by atoms with Crippen molar-refractivity contribution in [2.24, 2.45) is 0 Å². The van der Waals surface area contributed by atoms with Gasteiger partial charge in [-0.3, -0.25) is 4.79 Å². The van der Waals surface area contributed by atoms with Crippen molar-refractivity contribution in [2.75, 3.05) is 6.61 Å². The third-order valence-corrected chi connectivity index (χ3v) is 4.88. The molecule has 1 N–H and O–H groups in total. The molecule has 1 aromatic heterocycles. The zero-order chi connectivity index (χ0) is 18.3. The van der Waals surface area contributed by atoms with E-state index in [1.165, 1.54) is 6.08 Å². The summed E-state index contributed by atoms with van der Waals surface area (Å²) in [5.41, 5.74) is 0.842. The van der Waals surface area contributed by atoms with E-state index in [0.29, 0.717) is 0 Å². The maximum Gasteiger partial charge on any atom is 0.331 e. The normalized spacial score (nSPS) is 11.5. The molecule has 2 rings (SSSR count). The van der Waals surface area contributed by atoms with Crippen molar-refractivity contribution in [3.63, 3.8) is 0 Å². The fourth-order valence-corrected chi connectivity index (χ4v) is 2.95. The fourth-order valence-electron chi connectivity index (χ4n) is 2.04. The lowest BCUT2D eigenvalue weighted by atomic mass is 10.0. The minimum atomic E-state index is -0.529. The largest absolute Gasteiger partial charge is 0.452 e. The van der Waals surface area contributed by atoms with Crippen LogP contribution in [0.3, 0.4) is 0 Å². The number of carbonyl (C=O) groups is 2. The topological polar surface area (TPSA) is 55.4 Å². The van der Waals surface area contributed by atoms with Crippen LogP contribution in [-0.4, -0.2) is 24.0 Å². The molecule has 0 aliphatic heterocycles. The Balaban J connectivity index is 1.85. The second kappa shape index (κ2) is 8.62. The Morgan fingerprint density at radius 1 is 1.16 bits per heavy atom. The highest BCUT2D eigenvalue weighted by atomic mass is 32.1. The van der Waals surface area contributed by atoms with Crippen LogP contribution >= 0.6 is 11.3 Å². The molecule has 1 amide bonds. The minimum Gasteiger partial charge on any atom is -0.452 e. The Morgan fingerprint density at radius 3 is 2.56 bits per heavy atom. The van der Waals surface area contributed by atoms with Crippen molar-refractivity contribution in [1.82, 2.24) is 5.32 Å². The summed E-state index contributed by atoms with van der Waals surface area (Å²) in [5.74, 6) is -0.824. The average molecular weight is 357 g/mol. The fraction of sp³-hybridized carbons (Fsp3) is 0.300. The van der Waals surface area contributed by atoms with Crippen LogP contribution in [0.1, 0.15) is 32.1 Å². The van der Waals surface area contributed by atoms with Gasteiger partial charge in [-0.1, -0.05) is 37.3 Å². The number of carbonyl (C=O) groups excluding carboxylic acids is 2. The standard InChI is InChI=1S/C20H23NO3S/c1-4-20(2,3)21-18(22)14-24-19(23)13-11-16-10-12-17(25-16)15-8-6-5-7-9-15/h5-13H,4,14H2,1-3H3,(H,21,22)/b13-11+. The van der Waals surface area contributed by atoms with Gasteiger partial charge in [0.05, 0.1) is 0 Å². The molecule has 25 heavy (non-hydrogen) atoms. The predicted octanol–water partition coefficient (Wildman–Crippen LogP) is 4.28. The molecule has 0 bridgehead atoms. The molecule has 0 spiro atoms. The summed E-state index contributed by atoms with van der Waals surface area (Å²) in [6, 6.07) is 14.0. The van der Waals surface area contributed by atoms with Gasteiger partial charge in [0.25, 0.3) is 5.91 Å². The molecule has 1 aromatic carbocycles. The van der Waals surface area contributed by atoms with Crippen LogP contribution in [0.25, 0.3) is 16.5 Å². The second-order valence-electron chi connectivity index (χ2n) is 6.29. The number of hydrogen-bond donors (Lipinski definition) is 1. The molecule has 4 nitrogen and oxygen atoms in total. The summed E-state index contributed by atoms with van der Waals surface area (Å²) < 4.78 is 4.97. The quantitative estimate of drug-likeness (QED) is 0.594. The molecule has 0 saturated heterocycles. The van der Waals surface area contributed by atoms with Gasteiger partial charge >= 0.3 is 5.97 Å². The number of thiophene rings is 1. The van der Waals surface area contributed by atoms with Crippen molar-refractivity contribution in [2.45, 2.75) is 32.7 Å². The number of esters is 1. The Hall–Kier alpha value is -2.40. The molecule has 1 heterocycles. The third kappa shape index (κ3) is 6.19. The lowest BCUT2D eigenvalue weighted by Gasteiger charge is -2.24. The molecule has 5 heteroatoms. The zero-order valence-electron chi connectivity index (χ0n) is 14.7. The molecule has 0 saturated carbocycles. The third-order valence-electron chi connectivity index (χ3n) is 3.78. The number of rotatable bonds is 7. The molecule has 0 unspecified atom stereocenters. The molecule has 0 radical (unpaired) electrons. The Bertz CT molecular complexity index is 747. The molecule has 2 aromatic rings. The number of ether oxygens (including phenoxy) is 1. The van der Waals surface area contributed by atoms with E-state index < -0.39 is 5.97 Å². The van der Waals surface area contributed by atoms with E-state index in [2.05, 4.69) is 5.32 Å². The molecule has 132 valence electrons. The summed E-state index contributed by atoms with van der Waals surface area (Å²) >= 11 is 1.59. The molecule has 0 atom stereocenters. The predicted molar refractivity (Wildman–Crippen MR) is 102 cm³/mol. The number of nitrogens with one attached hydrogen (secondary N) is 1. The van der Waals surface area contributed by atoms with E-state index >= 15 is 0 Å². The van der Waals surface area contributed by atoms with Crippen LogP contribution in [0, 0.1) is 0 Å². The van der Waals surface area contributed by atoms with Crippen LogP contribution in [0.15, 0.2) is 48.5 Å². The molecule has 0 fully saturated rings. The first kappa shape index (κ1) is 18.9. The van der Waals surface area contributed by atoms with Crippen LogP contribution in [0.5, 0.6) is 0 Å². The molecule has 0 aliphatic carbocycles. The Labute approximate surface area is 152 Å². The Morgan fingerprint density at radius 2 is 1.88 bits per heavy atom. The first-order valence-electron chi connectivity index (χ1n) is 8.21. The smallest absolute Gasteiger partial charge is 0.331 e. The lowest BCUT2D eigenvalue weighted by molar-refractivity contribution is -0.144. The van der Waals surface area contributed by atoms with Gasteiger partial charge in [0.15, 0.2) is 6.61 Å². The van der Waals surface area contributed by atoms with E-state index in [4.69, 9.17) is 4.74 Å². The maximum atomic E-state index is 11.7. The van der Waals surface area contributed by atoms with Crippen molar-refractivity contribution < 1.29 is 14.3 Å². The number of hydrogen-bond acceptors (Lipinski definition) is 4. The lowest BCUT2D eigenvalue weighted by Crippen LogP contribution is -2.44. The van der Waals surface area contributed by atoms with Gasteiger partial charge in [-0.25, -0.2) is 4.79 Å². The van der Waals surface area contributed by atoms with Crippen molar-refractivity contribution in [3.8, 4) is 10.4 Å². The van der Waals surface area contributed by atoms with E-state index in [1.807, 2.05) is 63.2 Å². The van der Waals surface area contributed by atoms with Crippen molar-refractivity contribution in [3.05, 3.63) is 53.4 Å². The van der Waals surface area contributed by atoms with Crippen LogP contribution in [0.4, 0.5) is 0 Å². The van der Waals surface area contributed by atoms with Gasteiger partial charge in [0.2, 0.25) is 0 Å². The summed E-state index contributed by atoms with van der Waals surface area (Å²) in [4.78, 5) is 25.6. The monoisotopic (exact) mass is 357 g/mol. The summed E-state index contributed by atoms with van der Waals surface area (Å²) in [6.45, 7) is 5.56. The van der Waals surface area contributed by atoms with Crippen LogP contribution in [-0.2, 0) is 14.3 Å². The highest BCUT2D eigenvalue weighted by Gasteiger charge is 2.18. The Kier molecular flexibility index (Phi) is 6.53. The second-order valence-corrected chi connectivity index (χ2v) is 7.41. The zero-order valence-corrected chi connectivity index (χ0v) is 15.6. The van der Waals surface area contributed by atoms with Gasteiger partial charge in [0, 0.05) is 21.4 Å². The van der Waals surface area contributed by atoms with Gasteiger partial charge in [-0.05, 0) is 44.0 Å². The number of amides is 1. The average Bonchev–Trinajstić information content (AvgIpc) is 3.07. The minimum absolute atomic E-state index is 0.272. The van der Waals surface area contributed by atoms with E-state index in [9.17, 15) is 9.59 Å². The van der Waals surface area contributed by atoms with Gasteiger partial charge in [-0.2, -0.15) is 0 Å². The van der Waals surface area contributed by atoms with Gasteiger partial charge in [-0.15, -0.1) is 11.3 Å². The first-order valence-corrected chi connectivity index (χ1v) is 9.02. The summed E-state index contributed by atoms with van der Waals surface area (Å²) in [5, 5.41) is 2.82. The summed E-state index contributed by atoms with van der Waals surface area (Å²) in [7, 11) is 0. The van der Waals surface area contributed by atoms with E-state index in [-0.39, 0.29) is 18.1 Å². The van der Waals surface area contributed by atoms with Crippen molar-refractivity contribution in [1.29, 1.82) is 0 Å². The van der Waals surface area contributed by atoms with Crippen LogP contribution < -0.4 is 5.32 Å². The number of benzene rings is 1. The molecular formula is C20H23NO3S. The van der Waals surface area contributed by atoms with Crippen LogP contribution in [0.2, 0.25) is 0 Å². The SMILES string of the molecule is CCC(C)(C)NC(=O)COC(=O)/C=C/c1ccc(-c2ccccc2)s1. The van der Waals surface area contributed by atoms with E-state index in [1.54, 1.807) is 17.4 Å². The summed E-state index contributed by atoms with van der Waals surface area (Å²) in [6.07, 6.45) is 3.85.